The number of amides is 1. The van der Waals surface area contributed by atoms with Crippen molar-refractivity contribution < 1.29 is 28.5 Å². The van der Waals surface area contributed by atoms with E-state index in [-0.39, 0.29) is 6.61 Å². The van der Waals surface area contributed by atoms with Gasteiger partial charge in [-0.3, -0.25) is 4.79 Å². The zero-order valence-corrected chi connectivity index (χ0v) is 18.3. The Bertz CT molecular complexity index is 1080. The van der Waals surface area contributed by atoms with Gasteiger partial charge in [-0.25, -0.2) is 10.2 Å². The third-order valence-corrected chi connectivity index (χ3v) is 4.32. The molecule has 0 saturated carbocycles. The van der Waals surface area contributed by atoms with E-state index >= 15 is 0 Å². The molecule has 0 atom stereocenters. The second-order valence-corrected chi connectivity index (χ2v) is 6.67. The molecule has 0 aliphatic heterocycles. The number of carbonyl (C=O) groups excluding carboxylic acids is 2. The number of methoxy groups -OCH3 is 1. The number of esters is 1. The minimum Gasteiger partial charge on any atom is -0.497 e. The predicted octanol–water partition coefficient (Wildman–Crippen LogP) is 3.84. The third-order valence-electron chi connectivity index (χ3n) is 4.32. The Morgan fingerprint density at radius 1 is 0.818 bits per heavy atom. The minimum absolute atomic E-state index is 0.176. The van der Waals surface area contributed by atoms with Gasteiger partial charge >= 0.3 is 5.97 Å². The Labute approximate surface area is 191 Å². The van der Waals surface area contributed by atoms with Gasteiger partial charge in [0.15, 0.2) is 6.61 Å². The second kappa shape index (κ2) is 11.9. The molecule has 0 fully saturated rings. The van der Waals surface area contributed by atoms with Crippen molar-refractivity contribution >= 4 is 18.1 Å². The lowest BCUT2D eigenvalue weighted by molar-refractivity contribution is -0.123. The van der Waals surface area contributed by atoms with Gasteiger partial charge in [-0.05, 0) is 85.3 Å². The largest absolute Gasteiger partial charge is 0.497 e. The molecule has 170 valence electrons. The van der Waals surface area contributed by atoms with Crippen molar-refractivity contribution in [3.63, 3.8) is 0 Å². The van der Waals surface area contributed by atoms with Gasteiger partial charge in [0.2, 0.25) is 0 Å². The molecular formula is C25H24N2O6. The number of benzene rings is 3. The molecule has 0 spiro atoms. The molecule has 33 heavy (non-hydrogen) atoms. The summed E-state index contributed by atoms with van der Waals surface area (Å²) < 4.78 is 21.2. The van der Waals surface area contributed by atoms with Crippen molar-refractivity contribution in [2.24, 2.45) is 5.10 Å². The SMILES string of the molecule is CCOc1ccc(C(=O)Oc2ccc(/C=N/NC(=O)COc3ccc(OC)cc3)cc2)cc1. The van der Waals surface area contributed by atoms with E-state index in [9.17, 15) is 9.59 Å². The van der Waals surface area contributed by atoms with E-state index in [4.69, 9.17) is 18.9 Å². The summed E-state index contributed by atoms with van der Waals surface area (Å²) in [5, 5.41) is 3.90. The van der Waals surface area contributed by atoms with Crippen molar-refractivity contribution in [2.75, 3.05) is 20.3 Å². The fraction of sp³-hybridized carbons (Fsp3) is 0.160. The van der Waals surface area contributed by atoms with Gasteiger partial charge in [-0.1, -0.05) is 0 Å². The summed E-state index contributed by atoms with van der Waals surface area (Å²) in [7, 11) is 1.57. The lowest BCUT2D eigenvalue weighted by Gasteiger charge is -2.06. The van der Waals surface area contributed by atoms with Crippen molar-refractivity contribution in [1.29, 1.82) is 0 Å². The molecule has 0 aliphatic carbocycles. The fourth-order valence-corrected chi connectivity index (χ4v) is 2.67. The number of nitrogens with one attached hydrogen (secondary N) is 1. The van der Waals surface area contributed by atoms with Crippen LogP contribution in [-0.4, -0.2) is 38.4 Å². The Morgan fingerprint density at radius 2 is 1.39 bits per heavy atom. The number of ether oxygens (including phenoxy) is 4. The maximum Gasteiger partial charge on any atom is 0.343 e. The van der Waals surface area contributed by atoms with Gasteiger partial charge in [0.25, 0.3) is 5.91 Å². The van der Waals surface area contributed by atoms with Crippen LogP contribution in [0.3, 0.4) is 0 Å². The van der Waals surface area contributed by atoms with E-state index in [1.165, 1.54) is 6.21 Å². The standard InChI is InChI=1S/C25H24N2O6/c1-3-31-21-10-6-19(7-11-21)25(29)33-23-8-4-18(5-9-23)16-26-27-24(28)17-32-22-14-12-20(30-2)13-15-22/h4-16H,3,17H2,1-2H3,(H,27,28)/b26-16+. The summed E-state index contributed by atoms with van der Waals surface area (Å²) in [4.78, 5) is 24.1. The summed E-state index contributed by atoms with van der Waals surface area (Å²) in [6, 6.07) is 20.3. The van der Waals surface area contributed by atoms with E-state index in [1.54, 1.807) is 79.9 Å². The molecule has 0 unspecified atom stereocenters. The summed E-state index contributed by atoms with van der Waals surface area (Å²) in [5.74, 6) is 1.46. The van der Waals surface area contributed by atoms with Crippen molar-refractivity contribution in [2.45, 2.75) is 6.92 Å². The number of rotatable bonds is 10. The normalized spacial score (nSPS) is 10.5. The molecule has 1 amide bonds. The maximum absolute atomic E-state index is 12.3. The van der Waals surface area contributed by atoms with Gasteiger partial charge in [-0.15, -0.1) is 0 Å². The Hall–Kier alpha value is -4.33. The highest BCUT2D eigenvalue weighted by molar-refractivity contribution is 5.91. The van der Waals surface area contributed by atoms with Crippen LogP contribution in [-0.2, 0) is 4.79 Å². The van der Waals surface area contributed by atoms with E-state index in [0.717, 1.165) is 0 Å². The molecule has 0 bridgehead atoms. The van der Waals surface area contributed by atoms with Crippen LogP contribution in [0.15, 0.2) is 77.9 Å². The molecule has 0 radical (unpaired) electrons. The van der Waals surface area contributed by atoms with Crippen LogP contribution in [0.2, 0.25) is 0 Å². The second-order valence-electron chi connectivity index (χ2n) is 6.67. The highest BCUT2D eigenvalue weighted by atomic mass is 16.5. The first-order chi connectivity index (χ1) is 16.1. The zero-order chi connectivity index (χ0) is 23.5. The Morgan fingerprint density at radius 3 is 2.03 bits per heavy atom. The molecular weight excluding hydrogens is 424 g/mol. The van der Waals surface area contributed by atoms with Crippen LogP contribution >= 0.6 is 0 Å². The third kappa shape index (κ3) is 7.39. The van der Waals surface area contributed by atoms with E-state index in [2.05, 4.69) is 10.5 Å². The minimum atomic E-state index is -0.469. The summed E-state index contributed by atoms with van der Waals surface area (Å²) in [6.07, 6.45) is 1.48. The van der Waals surface area contributed by atoms with Crippen LogP contribution < -0.4 is 24.4 Å². The van der Waals surface area contributed by atoms with Crippen LogP contribution in [0.5, 0.6) is 23.0 Å². The smallest absolute Gasteiger partial charge is 0.343 e. The van der Waals surface area contributed by atoms with Gasteiger partial charge in [0.05, 0.1) is 25.5 Å². The van der Waals surface area contributed by atoms with Crippen LogP contribution in [0, 0.1) is 0 Å². The van der Waals surface area contributed by atoms with Crippen molar-refractivity contribution in [3.8, 4) is 23.0 Å². The van der Waals surface area contributed by atoms with E-state index in [1.807, 2.05) is 6.92 Å². The lowest BCUT2D eigenvalue weighted by atomic mass is 10.2. The van der Waals surface area contributed by atoms with Crippen LogP contribution in [0.1, 0.15) is 22.8 Å². The number of hydrogen-bond acceptors (Lipinski definition) is 7. The molecule has 8 nitrogen and oxygen atoms in total. The van der Waals surface area contributed by atoms with Gasteiger partial charge < -0.3 is 18.9 Å². The van der Waals surface area contributed by atoms with Gasteiger partial charge in [-0.2, -0.15) is 5.10 Å². The predicted molar refractivity (Wildman–Crippen MR) is 123 cm³/mol. The molecule has 0 aromatic heterocycles. The van der Waals surface area contributed by atoms with Crippen molar-refractivity contribution in [1.82, 2.24) is 5.43 Å². The van der Waals surface area contributed by atoms with E-state index in [0.29, 0.717) is 40.7 Å². The molecule has 3 aromatic rings. The topological polar surface area (TPSA) is 95.5 Å². The Kier molecular flexibility index (Phi) is 8.41. The van der Waals surface area contributed by atoms with Crippen LogP contribution in [0.25, 0.3) is 0 Å². The van der Waals surface area contributed by atoms with Crippen molar-refractivity contribution in [3.05, 3.63) is 83.9 Å². The number of hydrogen-bond donors (Lipinski definition) is 1. The first-order valence-electron chi connectivity index (χ1n) is 10.2. The van der Waals surface area contributed by atoms with E-state index < -0.39 is 11.9 Å². The van der Waals surface area contributed by atoms with Gasteiger partial charge in [0, 0.05) is 0 Å². The number of nitrogens with zero attached hydrogens (tertiary/aromatic N) is 1. The maximum atomic E-state index is 12.3. The highest BCUT2D eigenvalue weighted by Crippen LogP contribution is 2.17. The Balaban J connectivity index is 1.44. The zero-order valence-electron chi connectivity index (χ0n) is 18.3. The van der Waals surface area contributed by atoms with Gasteiger partial charge in [0.1, 0.15) is 23.0 Å². The van der Waals surface area contributed by atoms with Crippen LogP contribution in [0.4, 0.5) is 0 Å². The summed E-state index contributed by atoms with van der Waals surface area (Å²) in [5.41, 5.74) is 3.53. The first-order valence-corrected chi connectivity index (χ1v) is 10.2. The highest BCUT2D eigenvalue weighted by Gasteiger charge is 2.09. The lowest BCUT2D eigenvalue weighted by Crippen LogP contribution is -2.24. The molecule has 8 heteroatoms. The molecule has 1 N–H and O–H groups in total. The molecule has 0 saturated heterocycles. The number of hydrazone groups is 1. The fourth-order valence-electron chi connectivity index (χ4n) is 2.67. The average molecular weight is 448 g/mol. The molecule has 3 rings (SSSR count). The summed E-state index contributed by atoms with van der Waals surface area (Å²) >= 11 is 0. The molecule has 0 heterocycles. The first kappa shape index (κ1) is 23.3. The molecule has 0 aliphatic rings. The monoisotopic (exact) mass is 448 g/mol. The quantitative estimate of drug-likeness (QED) is 0.219. The molecule has 3 aromatic carbocycles. The number of carbonyl (C=O) groups is 2. The average Bonchev–Trinajstić information content (AvgIpc) is 2.85. The summed E-state index contributed by atoms with van der Waals surface area (Å²) in [6.45, 7) is 2.27.